The Morgan fingerprint density at radius 2 is 1.66 bits per heavy atom. The van der Waals surface area contributed by atoms with Gasteiger partial charge in [-0.05, 0) is 68.3 Å². The average Bonchev–Trinajstić information content (AvgIpc) is 3.20. The average molecular weight is 477 g/mol. The van der Waals surface area contributed by atoms with Crippen LogP contribution >= 0.6 is 0 Å². The minimum absolute atomic E-state index is 0.0161. The molecule has 4 atom stereocenters. The van der Waals surface area contributed by atoms with Gasteiger partial charge in [-0.1, -0.05) is 73.2 Å². The van der Waals surface area contributed by atoms with E-state index >= 15 is 0 Å². The molecule has 4 rings (SSSR count). The van der Waals surface area contributed by atoms with Crippen molar-refractivity contribution in [2.45, 2.75) is 76.2 Å². The van der Waals surface area contributed by atoms with Crippen molar-refractivity contribution in [1.82, 2.24) is 4.90 Å². The topological polar surface area (TPSA) is 72.8 Å². The summed E-state index contributed by atoms with van der Waals surface area (Å²) in [4.78, 5) is 13.1. The van der Waals surface area contributed by atoms with Crippen LogP contribution in [0.5, 0.6) is 0 Å². The lowest BCUT2D eigenvalue weighted by atomic mass is 9.92. The Kier molecular flexibility index (Phi) is 9.52. The highest BCUT2D eigenvalue weighted by Gasteiger charge is 2.45. The molecule has 2 aromatic carbocycles. The maximum Gasteiger partial charge on any atom is 0.0723 e. The number of rotatable bonds is 11. The van der Waals surface area contributed by atoms with Crippen molar-refractivity contribution in [3.8, 4) is 11.1 Å². The summed E-state index contributed by atoms with van der Waals surface area (Å²) in [7, 11) is 0. The Hall–Kier alpha value is -2.47. The Morgan fingerprint density at radius 3 is 2.37 bits per heavy atom. The van der Waals surface area contributed by atoms with Gasteiger partial charge in [-0.25, -0.2) is 0 Å². The Balaban J connectivity index is 1.37. The normalized spacial score (nSPS) is 25.3. The van der Waals surface area contributed by atoms with Gasteiger partial charge < -0.3 is 19.7 Å². The lowest BCUT2D eigenvalue weighted by Gasteiger charge is -2.38. The molecule has 4 unspecified atom stereocenters. The van der Waals surface area contributed by atoms with Crippen molar-refractivity contribution in [3.05, 3.63) is 72.3 Å². The van der Waals surface area contributed by atoms with E-state index in [1.165, 1.54) is 30.4 Å². The molecule has 5 heteroatoms. The van der Waals surface area contributed by atoms with E-state index in [1.54, 1.807) is 0 Å². The number of nitrogens with zero attached hydrogens (tertiary/aromatic N) is 1. The molecule has 1 aliphatic heterocycles. The summed E-state index contributed by atoms with van der Waals surface area (Å²) in [6.45, 7) is 2.64. The molecular formula is C30H38NO4-. The van der Waals surface area contributed by atoms with Gasteiger partial charge >= 0.3 is 0 Å². The molecule has 35 heavy (non-hydrogen) atoms. The number of aliphatic hydroxyl groups is 1. The third kappa shape index (κ3) is 7.26. The first kappa shape index (κ1) is 25.6. The lowest BCUT2D eigenvalue weighted by molar-refractivity contribution is -0.305. The van der Waals surface area contributed by atoms with E-state index in [0.29, 0.717) is 19.4 Å². The fourth-order valence-corrected chi connectivity index (χ4v) is 5.69. The minimum atomic E-state index is -1.01. The van der Waals surface area contributed by atoms with Gasteiger partial charge in [0.25, 0.3) is 0 Å². The molecule has 188 valence electrons. The maximum absolute atomic E-state index is 11.0. The molecule has 0 radical (unpaired) electrons. The Morgan fingerprint density at radius 1 is 0.971 bits per heavy atom. The van der Waals surface area contributed by atoms with Crippen molar-refractivity contribution in [1.29, 1.82) is 0 Å². The number of aliphatic carboxylic acids is 1. The first-order valence-corrected chi connectivity index (χ1v) is 13.1. The summed E-state index contributed by atoms with van der Waals surface area (Å²) in [6, 6.07) is 19.0. The standard InChI is InChI=1S/C30H39NO4/c32-27-21-28(35-22-23-15-17-25(18-16-23)24-11-5-3-6-12-24)26(13-7-1-2-8-14-29(33)34)30(27)31-19-9-4-10-20-31/h1-3,5-6,11-12,15-18,26-28,30,32H,4,7-10,13-14,19-22H2,(H,33,34)/p-1/b2-1+. The number of carbonyl (C=O) groups is 1. The second-order valence-electron chi connectivity index (χ2n) is 9.93. The number of ether oxygens (including phenoxy) is 1. The van der Waals surface area contributed by atoms with Gasteiger partial charge in [0.05, 0.1) is 18.8 Å². The van der Waals surface area contributed by atoms with Gasteiger partial charge in [-0.3, -0.25) is 4.90 Å². The van der Waals surface area contributed by atoms with E-state index in [4.69, 9.17) is 4.74 Å². The molecule has 1 heterocycles. The molecule has 0 aromatic heterocycles. The van der Waals surface area contributed by atoms with Gasteiger partial charge in [-0.2, -0.15) is 0 Å². The van der Waals surface area contributed by atoms with Crippen molar-refractivity contribution in [2.24, 2.45) is 5.92 Å². The van der Waals surface area contributed by atoms with Crippen LogP contribution in [0.25, 0.3) is 11.1 Å². The van der Waals surface area contributed by atoms with Gasteiger partial charge in [0.15, 0.2) is 0 Å². The van der Waals surface area contributed by atoms with Crippen molar-refractivity contribution in [2.75, 3.05) is 13.1 Å². The highest BCUT2D eigenvalue weighted by atomic mass is 16.5. The number of allylic oxidation sites excluding steroid dienone is 2. The zero-order valence-electron chi connectivity index (χ0n) is 20.6. The van der Waals surface area contributed by atoms with Crippen LogP contribution in [0.2, 0.25) is 0 Å². The number of piperidine rings is 1. The Labute approximate surface area is 209 Å². The minimum Gasteiger partial charge on any atom is -0.550 e. The highest BCUT2D eigenvalue weighted by Crippen LogP contribution is 2.38. The van der Waals surface area contributed by atoms with Gasteiger partial charge in [0.1, 0.15) is 0 Å². The monoisotopic (exact) mass is 476 g/mol. The smallest absolute Gasteiger partial charge is 0.0723 e. The molecule has 0 amide bonds. The third-order valence-electron chi connectivity index (χ3n) is 7.47. The van der Waals surface area contributed by atoms with Crippen LogP contribution in [0.3, 0.4) is 0 Å². The second-order valence-corrected chi connectivity index (χ2v) is 9.93. The van der Waals surface area contributed by atoms with Gasteiger partial charge in [-0.15, -0.1) is 0 Å². The summed E-state index contributed by atoms with van der Waals surface area (Å²) >= 11 is 0. The van der Waals surface area contributed by atoms with Gasteiger partial charge in [0, 0.05) is 24.3 Å². The van der Waals surface area contributed by atoms with E-state index in [-0.39, 0.29) is 30.6 Å². The predicted octanol–water partition coefficient (Wildman–Crippen LogP) is 4.34. The third-order valence-corrected chi connectivity index (χ3v) is 7.47. The van der Waals surface area contributed by atoms with E-state index < -0.39 is 5.97 Å². The van der Waals surface area contributed by atoms with E-state index in [1.807, 2.05) is 12.1 Å². The zero-order chi connectivity index (χ0) is 24.5. The quantitative estimate of drug-likeness (QED) is 0.489. The van der Waals surface area contributed by atoms with E-state index in [2.05, 4.69) is 59.5 Å². The highest BCUT2D eigenvalue weighted by molar-refractivity contribution is 5.64. The summed E-state index contributed by atoms with van der Waals surface area (Å²) in [6.07, 6.45) is 10.3. The molecule has 0 bridgehead atoms. The number of carboxylic acids is 1. The lowest BCUT2D eigenvalue weighted by Crippen LogP contribution is -2.47. The molecule has 2 fully saturated rings. The first-order valence-electron chi connectivity index (χ1n) is 13.1. The maximum atomic E-state index is 11.0. The first-order chi connectivity index (χ1) is 17.1. The molecule has 1 aliphatic carbocycles. The SMILES string of the molecule is O=C([O-])CC/C=C/CCC1C(OCc2ccc(-c3ccccc3)cc2)CC(O)C1N1CCCCC1. The van der Waals surface area contributed by atoms with Gasteiger partial charge in [0.2, 0.25) is 0 Å². The summed E-state index contributed by atoms with van der Waals surface area (Å²) in [5, 5.41) is 21.7. The molecule has 1 saturated carbocycles. The van der Waals surface area contributed by atoms with Crippen LogP contribution in [0.1, 0.15) is 56.9 Å². The second kappa shape index (κ2) is 13.0. The molecular weight excluding hydrogens is 438 g/mol. The van der Waals surface area contributed by atoms with Crippen LogP contribution in [0.4, 0.5) is 0 Å². The summed E-state index contributed by atoms with van der Waals surface area (Å²) in [5.41, 5.74) is 3.54. The predicted molar refractivity (Wildman–Crippen MR) is 136 cm³/mol. The number of carboxylic acid groups (broad SMARTS) is 1. The van der Waals surface area contributed by atoms with Crippen LogP contribution < -0.4 is 5.11 Å². The van der Waals surface area contributed by atoms with Crippen molar-refractivity contribution < 1.29 is 19.7 Å². The number of carbonyl (C=O) groups excluding carboxylic acids is 1. The van der Waals surface area contributed by atoms with Crippen molar-refractivity contribution in [3.63, 3.8) is 0 Å². The number of aliphatic hydroxyl groups excluding tert-OH is 1. The van der Waals surface area contributed by atoms with Crippen LogP contribution in [0.15, 0.2) is 66.7 Å². The number of benzene rings is 2. The number of hydrogen-bond donors (Lipinski definition) is 1. The van der Waals surface area contributed by atoms with Crippen LogP contribution in [0, 0.1) is 5.92 Å². The van der Waals surface area contributed by atoms with E-state index in [0.717, 1.165) is 31.5 Å². The van der Waals surface area contributed by atoms with Crippen LogP contribution in [-0.2, 0) is 16.1 Å². The fraction of sp³-hybridized carbons (Fsp3) is 0.500. The van der Waals surface area contributed by atoms with E-state index in [9.17, 15) is 15.0 Å². The summed E-state index contributed by atoms with van der Waals surface area (Å²) in [5.74, 6) is -0.749. The van der Waals surface area contributed by atoms with Crippen LogP contribution in [-0.4, -0.2) is 47.3 Å². The molecule has 1 N–H and O–H groups in total. The van der Waals surface area contributed by atoms with Crippen molar-refractivity contribution >= 4 is 5.97 Å². The fourth-order valence-electron chi connectivity index (χ4n) is 5.69. The number of hydrogen-bond acceptors (Lipinski definition) is 5. The largest absolute Gasteiger partial charge is 0.550 e. The number of likely N-dealkylation sites (tertiary alicyclic amines) is 1. The molecule has 5 nitrogen and oxygen atoms in total. The zero-order valence-corrected chi connectivity index (χ0v) is 20.6. The molecule has 2 aromatic rings. The summed E-state index contributed by atoms with van der Waals surface area (Å²) < 4.78 is 6.45. The molecule has 0 spiro atoms. The molecule has 1 saturated heterocycles. The Bertz CT molecular complexity index is 937. The molecule has 2 aliphatic rings.